The maximum Gasteiger partial charge on any atom is 0.226 e. The van der Waals surface area contributed by atoms with Gasteiger partial charge in [-0.15, -0.1) is 0 Å². The van der Waals surface area contributed by atoms with Crippen molar-refractivity contribution < 1.29 is 9.63 Å². The third-order valence-electron chi connectivity index (χ3n) is 3.30. The topological polar surface area (TPSA) is 64.1 Å². The van der Waals surface area contributed by atoms with E-state index in [-0.39, 0.29) is 6.61 Å². The lowest BCUT2D eigenvalue weighted by molar-refractivity contribution is 0.282. The molecule has 0 atom stereocenters. The van der Waals surface area contributed by atoms with E-state index >= 15 is 0 Å². The maximum absolute atomic E-state index is 9.15. The summed E-state index contributed by atoms with van der Waals surface area (Å²) in [5.41, 5.74) is 2.02. The molecule has 0 saturated heterocycles. The smallest absolute Gasteiger partial charge is 0.226 e. The number of benzene rings is 1. The van der Waals surface area contributed by atoms with Crippen molar-refractivity contribution >= 4 is 10.9 Å². The minimum absolute atomic E-state index is 0.0618. The zero-order valence-electron chi connectivity index (χ0n) is 11.4. The summed E-state index contributed by atoms with van der Waals surface area (Å²) >= 11 is 0. The highest BCUT2D eigenvalue weighted by Gasteiger charge is 2.08. The van der Waals surface area contributed by atoms with E-state index < -0.39 is 0 Å². The fourth-order valence-corrected chi connectivity index (χ4v) is 2.31. The molecule has 3 rings (SSSR count). The highest BCUT2D eigenvalue weighted by atomic mass is 16.5. The molecule has 1 aromatic carbocycles. The predicted octanol–water partition coefficient (Wildman–Crippen LogP) is 2.52. The second-order valence-electron chi connectivity index (χ2n) is 4.85. The van der Waals surface area contributed by atoms with E-state index in [1.165, 1.54) is 0 Å². The molecule has 0 bridgehead atoms. The maximum atomic E-state index is 9.15. The molecule has 2 heterocycles. The number of nitrogens with zero attached hydrogens (tertiary/aromatic N) is 3. The van der Waals surface area contributed by atoms with Crippen molar-refractivity contribution in [2.24, 2.45) is 0 Å². The Bertz CT molecular complexity index is 715. The van der Waals surface area contributed by atoms with Gasteiger partial charge in [0.25, 0.3) is 0 Å². The molecule has 0 aliphatic rings. The molecule has 2 aromatic heterocycles. The number of aliphatic hydroxyl groups is 1. The van der Waals surface area contributed by atoms with Gasteiger partial charge in [0.15, 0.2) is 5.82 Å². The van der Waals surface area contributed by atoms with E-state index in [2.05, 4.69) is 21.6 Å². The fourth-order valence-electron chi connectivity index (χ4n) is 2.31. The summed E-state index contributed by atoms with van der Waals surface area (Å²) in [6.45, 7) is 2.74. The van der Waals surface area contributed by atoms with Gasteiger partial charge in [-0.05, 0) is 35.6 Å². The van der Waals surface area contributed by atoms with Crippen LogP contribution in [0.1, 0.15) is 30.6 Å². The minimum atomic E-state index is 0.0618. The number of hydrogen-bond donors (Lipinski definition) is 1. The summed E-state index contributed by atoms with van der Waals surface area (Å²) in [6.07, 6.45) is 3.82. The first-order valence-electron chi connectivity index (χ1n) is 6.80. The van der Waals surface area contributed by atoms with Crippen molar-refractivity contribution in [2.45, 2.75) is 32.9 Å². The van der Waals surface area contributed by atoms with Gasteiger partial charge in [0.2, 0.25) is 5.89 Å². The summed E-state index contributed by atoms with van der Waals surface area (Å²) in [5.74, 6) is 1.39. The molecule has 5 heteroatoms. The number of aromatic nitrogens is 3. The molecule has 5 nitrogen and oxygen atoms in total. The number of hydrogen-bond acceptors (Lipinski definition) is 4. The molecule has 0 saturated carbocycles. The van der Waals surface area contributed by atoms with Crippen LogP contribution in [-0.2, 0) is 19.6 Å². The van der Waals surface area contributed by atoms with Crippen LogP contribution in [0.25, 0.3) is 10.9 Å². The van der Waals surface area contributed by atoms with Gasteiger partial charge in [-0.3, -0.25) is 0 Å². The van der Waals surface area contributed by atoms with E-state index in [1.807, 2.05) is 30.5 Å². The Balaban J connectivity index is 1.86. The molecule has 0 aliphatic heterocycles. The third kappa shape index (κ3) is 2.44. The molecule has 1 N–H and O–H groups in total. The molecule has 20 heavy (non-hydrogen) atoms. The number of rotatable bonds is 5. The standard InChI is InChI=1S/C15H17N3O2/c1-2-3-15-16-14(17-20-15)9-18-7-6-12-8-11(10-19)4-5-13(12)18/h4-8,19H,2-3,9-10H2,1H3. The second kappa shape index (κ2) is 5.46. The summed E-state index contributed by atoms with van der Waals surface area (Å²) in [6, 6.07) is 7.96. The summed E-state index contributed by atoms with van der Waals surface area (Å²) in [4.78, 5) is 4.38. The normalized spacial score (nSPS) is 11.3. The van der Waals surface area contributed by atoms with Gasteiger partial charge in [0.05, 0.1) is 13.2 Å². The quantitative estimate of drug-likeness (QED) is 0.774. The third-order valence-corrected chi connectivity index (χ3v) is 3.30. The van der Waals surface area contributed by atoms with E-state index in [9.17, 15) is 0 Å². The average Bonchev–Trinajstić information content (AvgIpc) is 3.07. The molecule has 0 fully saturated rings. The van der Waals surface area contributed by atoms with Crippen LogP contribution in [0.15, 0.2) is 35.0 Å². The Hall–Kier alpha value is -2.14. The predicted molar refractivity (Wildman–Crippen MR) is 75.3 cm³/mol. The van der Waals surface area contributed by atoms with E-state index in [0.717, 1.165) is 29.3 Å². The van der Waals surface area contributed by atoms with Crippen molar-refractivity contribution in [3.63, 3.8) is 0 Å². The molecule has 0 spiro atoms. The van der Waals surface area contributed by atoms with Gasteiger partial charge in [-0.1, -0.05) is 18.1 Å². The van der Waals surface area contributed by atoms with Crippen LogP contribution in [-0.4, -0.2) is 19.8 Å². The van der Waals surface area contributed by atoms with Gasteiger partial charge >= 0.3 is 0 Å². The lowest BCUT2D eigenvalue weighted by Crippen LogP contribution is -2.00. The molecule has 3 aromatic rings. The van der Waals surface area contributed by atoms with E-state index in [1.54, 1.807) is 0 Å². The molecule has 104 valence electrons. The first-order chi connectivity index (χ1) is 9.80. The Morgan fingerprint density at radius 2 is 2.20 bits per heavy atom. The highest BCUT2D eigenvalue weighted by molar-refractivity contribution is 5.80. The number of fused-ring (bicyclic) bond motifs is 1. The van der Waals surface area contributed by atoms with Crippen molar-refractivity contribution in [3.05, 3.63) is 47.7 Å². The Morgan fingerprint density at radius 1 is 1.30 bits per heavy atom. The summed E-state index contributed by atoms with van der Waals surface area (Å²) < 4.78 is 7.28. The van der Waals surface area contributed by atoms with Crippen molar-refractivity contribution in [2.75, 3.05) is 0 Å². The van der Waals surface area contributed by atoms with Gasteiger partial charge in [-0.25, -0.2) is 0 Å². The van der Waals surface area contributed by atoms with Crippen molar-refractivity contribution in [1.29, 1.82) is 0 Å². The average molecular weight is 271 g/mol. The minimum Gasteiger partial charge on any atom is -0.392 e. The lowest BCUT2D eigenvalue weighted by atomic mass is 10.2. The van der Waals surface area contributed by atoms with Gasteiger partial charge in [0.1, 0.15) is 0 Å². The van der Waals surface area contributed by atoms with Crippen molar-refractivity contribution in [3.8, 4) is 0 Å². The Labute approximate surface area is 116 Å². The summed E-state index contributed by atoms with van der Waals surface area (Å²) in [5, 5.41) is 14.3. The van der Waals surface area contributed by atoms with Crippen LogP contribution in [0.5, 0.6) is 0 Å². The van der Waals surface area contributed by atoms with Crippen LogP contribution >= 0.6 is 0 Å². The van der Waals surface area contributed by atoms with Crippen LogP contribution in [0.2, 0.25) is 0 Å². The molecular weight excluding hydrogens is 254 g/mol. The molecule has 0 aliphatic carbocycles. The second-order valence-corrected chi connectivity index (χ2v) is 4.85. The zero-order valence-corrected chi connectivity index (χ0v) is 11.4. The van der Waals surface area contributed by atoms with Crippen LogP contribution in [0.3, 0.4) is 0 Å². The zero-order chi connectivity index (χ0) is 13.9. The molecule has 0 amide bonds. The van der Waals surface area contributed by atoms with E-state index in [0.29, 0.717) is 18.3 Å². The number of aliphatic hydroxyl groups excluding tert-OH is 1. The van der Waals surface area contributed by atoms with Crippen molar-refractivity contribution in [1.82, 2.24) is 14.7 Å². The molecule has 0 unspecified atom stereocenters. The Kier molecular flexibility index (Phi) is 3.52. The fraction of sp³-hybridized carbons (Fsp3) is 0.333. The van der Waals surface area contributed by atoms with Gasteiger partial charge in [0, 0.05) is 18.1 Å². The van der Waals surface area contributed by atoms with Crippen LogP contribution < -0.4 is 0 Å². The van der Waals surface area contributed by atoms with E-state index in [4.69, 9.17) is 9.63 Å². The Morgan fingerprint density at radius 3 is 3.00 bits per heavy atom. The summed E-state index contributed by atoms with van der Waals surface area (Å²) in [7, 11) is 0. The highest BCUT2D eigenvalue weighted by Crippen LogP contribution is 2.18. The van der Waals surface area contributed by atoms with Crippen LogP contribution in [0, 0.1) is 0 Å². The first-order valence-corrected chi connectivity index (χ1v) is 6.80. The monoisotopic (exact) mass is 271 g/mol. The number of aryl methyl sites for hydroxylation is 1. The molecule has 0 radical (unpaired) electrons. The SMILES string of the molecule is CCCc1nc(Cn2ccc3cc(CO)ccc32)no1. The van der Waals surface area contributed by atoms with Crippen LogP contribution in [0.4, 0.5) is 0 Å². The largest absolute Gasteiger partial charge is 0.392 e. The molecular formula is C15H17N3O2. The van der Waals surface area contributed by atoms with Gasteiger partial charge < -0.3 is 14.2 Å². The lowest BCUT2D eigenvalue weighted by Gasteiger charge is -2.02. The first kappa shape index (κ1) is 12.9. The van der Waals surface area contributed by atoms with Gasteiger partial charge in [-0.2, -0.15) is 4.98 Å².